The van der Waals surface area contributed by atoms with E-state index in [-0.39, 0.29) is 12.9 Å². The van der Waals surface area contributed by atoms with Crippen LogP contribution in [0, 0.1) is 0 Å². The normalized spacial score (nSPS) is 10.8. The molecular weight excluding hydrogens is 131 g/mol. The van der Waals surface area contributed by atoms with Crippen LogP contribution in [0.25, 0.3) is 0 Å². The number of hydrogen-bond donors (Lipinski definition) is 0. The first-order valence-electron chi connectivity index (χ1n) is 3.40. The molecule has 0 aromatic heterocycles. The van der Waals surface area contributed by atoms with Crippen molar-refractivity contribution in [1.82, 2.24) is 0 Å². The molecule has 0 amide bonds. The second-order valence-corrected chi connectivity index (χ2v) is 1.67. The molecule has 0 fully saturated rings. The quantitative estimate of drug-likeness (QED) is 0.401. The first kappa shape index (κ1) is 9.94. The van der Waals surface area contributed by atoms with Crippen LogP contribution in [-0.2, 0) is 14.1 Å². The Morgan fingerprint density at radius 3 is 2.00 bits per heavy atom. The molecule has 0 saturated heterocycles. The first-order chi connectivity index (χ1) is 4.85. The molecule has 0 saturated carbocycles. The van der Waals surface area contributed by atoms with Gasteiger partial charge in [-0.1, -0.05) is 0 Å². The van der Waals surface area contributed by atoms with Gasteiger partial charge in [-0.15, -0.1) is 0 Å². The SMILES string of the molecule is [B-]OCC(OCC)OCC. The molecule has 0 aromatic carbocycles. The highest BCUT2D eigenvalue weighted by atomic mass is 16.7. The molecule has 0 rings (SSSR count). The van der Waals surface area contributed by atoms with Crippen molar-refractivity contribution in [3.8, 4) is 0 Å². The average Bonchev–Trinajstić information content (AvgIpc) is 1.90. The van der Waals surface area contributed by atoms with Crippen LogP contribution in [-0.4, -0.2) is 34.2 Å². The molecule has 0 heterocycles. The van der Waals surface area contributed by atoms with Crippen molar-refractivity contribution in [1.29, 1.82) is 0 Å². The Kier molecular flexibility index (Phi) is 7.02. The van der Waals surface area contributed by atoms with Gasteiger partial charge < -0.3 is 22.2 Å². The fourth-order valence-corrected chi connectivity index (χ4v) is 0.595. The molecule has 0 N–H and O–H groups in total. The van der Waals surface area contributed by atoms with Gasteiger partial charge in [0, 0.05) is 19.8 Å². The second-order valence-electron chi connectivity index (χ2n) is 1.67. The second kappa shape index (κ2) is 7.06. The number of ether oxygens (including phenoxy) is 2. The van der Waals surface area contributed by atoms with Gasteiger partial charge in [-0.3, -0.25) is 0 Å². The Labute approximate surface area is 63.1 Å². The van der Waals surface area contributed by atoms with E-state index in [1.54, 1.807) is 0 Å². The smallest absolute Gasteiger partial charge is 0.176 e. The summed E-state index contributed by atoms with van der Waals surface area (Å²) in [5.74, 6) is 0. The molecule has 0 aliphatic carbocycles. The first-order valence-corrected chi connectivity index (χ1v) is 3.40. The van der Waals surface area contributed by atoms with Gasteiger partial charge in [-0.05, 0) is 13.8 Å². The topological polar surface area (TPSA) is 27.7 Å². The molecule has 0 aliphatic heterocycles. The molecule has 0 unspecified atom stereocenters. The van der Waals surface area contributed by atoms with Crippen LogP contribution >= 0.6 is 0 Å². The Balaban J connectivity index is 3.30. The van der Waals surface area contributed by atoms with E-state index < -0.39 is 0 Å². The van der Waals surface area contributed by atoms with E-state index in [0.717, 1.165) is 0 Å². The van der Waals surface area contributed by atoms with Crippen molar-refractivity contribution in [3.63, 3.8) is 0 Å². The van der Waals surface area contributed by atoms with Gasteiger partial charge >= 0.3 is 0 Å². The summed E-state index contributed by atoms with van der Waals surface area (Å²) in [6.45, 7) is 5.27. The maximum atomic E-state index is 5.10. The van der Waals surface area contributed by atoms with Crippen LogP contribution in [0.5, 0.6) is 0 Å². The van der Waals surface area contributed by atoms with Gasteiger partial charge in [0.25, 0.3) is 0 Å². The van der Waals surface area contributed by atoms with Crippen LogP contribution in [0.3, 0.4) is 0 Å². The maximum Gasteiger partial charge on any atom is 0.176 e. The summed E-state index contributed by atoms with van der Waals surface area (Å²) in [5, 5.41) is 0. The van der Waals surface area contributed by atoms with Crippen molar-refractivity contribution in [2.45, 2.75) is 20.1 Å². The van der Waals surface area contributed by atoms with Crippen molar-refractivity contribution in [3.05, 3.63) is 0 Å². The van der Waals surface area contributed by atoms with E-state index in [0.29, 0.717) is 13.2 Å². The third kappa shape index (κ3) is 4.79. The highest BCUT2D eigenvalue weighted by Gasteiger charge is 2.02. The molecule has 0 atom stereocenters. The van der Waals surface area contributed by atoms with Crippen LogP contribution in [0.1, 0.15) is 13.8 Å². The molecule has 0 aromatic rings. The van der Waals surface area contributed by atoms with Crippen molar-refractivity contribution in [2.24, 2.45) is 0 Å². The van der Waals surface area contributed by atoms with E-state index in [1.165, 1.54) is 0 Å². The fraction of sp³-hybridized carbons (Fsp3) is 1.00. The average molecular weight is 144 g/mol. The van der Waals surface area contributed by atoms with E-state index in [2.05, 4.69) is 4.65 Å². The molecule has 59 valence electrons. The standard InChI is InChI=1S/C6H13BO3/c1-3-8-6(5-10-7)9-4-2/h6H,3-5H2,1-2H3/q-1. The maximum absolute atomic E-state index is 5.10. The van der Waals surface area contributed by atoms with Crippen LogP contribution < -0.4 is 0 Å². The minimum absolute atomic E-state index is 0.279. The monoisotopic (exact) mass is 144 g/mol. The summed E-state index contributed by atoms with van der Waals surface area (Å²) in [5.41, 5.74) is 0. The summed E-state index contributed by atoms with van der Waals surface area (Å²) in [6, 6.07) is 0. The van der Waals surface area contributed by atoms with E-state index in [9.17, 15) is 0 Å². The Bertz CT molecular complexity index is 55.7. The predicted octanol–water partition coefficient (Wildman–Crippen LogP) is 0.486. The third-order valence-corrected chi connectivity index (χ3v) is 0.937. The lowest BCUT2D eigenvalue weighted by atomic mass is 10.5. The van der Waals surface area contributed by atoms with Gasteiger partial charge in [-0.2, -0.15) is 0 Å². The summed E-state index contributed by atoms with van der Waals surface area (Å²) >= 11 is 0. The Hall–Kier alpha value is -0.0551. The molecule has 0 bridgehead atoms. The fourth-order valence-electron chi connectivity index (χ4n) is 0.595. The van der Waals surface area contributed by atoms with Crippen molar-refractivity contribution >= 4 is 8.05 Å². The minimum atomic E-state index is -0.319. The zero-order valence-electron chi connectivity index (χ0n) is 6.50. The number of rotatable bonds is 6. The Morgan fingerprint density at radius 1 is 1.20 bits per heavy atom. The molecule has 3 radical (unpaired) electrons. The molecule has 3 nitrogen and oxygen atoms in total. The van der Waals surface area contributed by atoms with Crippen LogP contribution in [0.4, 0.5) is 0 Å². The summed E-state index contributed by atoms with van der Waals surface area (Å²) < 4.78 is 14.6. The van der Waals surface area contributed by atoms with Gasteiger partial charge in [-0.25, -0.2) is 0 Å². The molecule has 0 aliphatic rings. The van der Waals surface area contributed by atoms with Crippen LogP contribution in [0.2, 0.25) is 0 Å². The van der Waals surface area contributed by atoms with Crippen molar-refractivity contribution < 1.29 is 14.1 Å². The zero-order valence-corrected chi connectivity index (χ0v) is 6.50. The van der Waals surface area contributed by atoms with Crippen molar-refractivity contribution in [2.75, 3.05) is 19.8 Å². The summed E-state index contributed by atoms with van der Waals surface area (Å²) in [7, 11) is 4.83. The van der Waals surface area contributed by atoms with Gasteiger partial charge in [0.2, 0.25) is 0 Å². The van der Waals surface area contributed by atoms with E-state index in [4.69, 9.17) is 17.5 Å². The Morgan fingerprint density at radius 2 is 1.70 bits per heavy atom. The molecule has 4 heteroatoms. The van der Waals surface area contributed by atoms with E-state index in [1.807, 2.05) is 13.8 Å². The largest absolute Gasteiger partial charge is 0.698 e. The molecule has 10 heavy (non-hydrogen) atoms. The highest BCUT2D eigenvalue weighted by Crippen LogP contribution is 1.94. The lowest BCUT2D eigenvalue weighted by molar-refractivity contribution is -0.151. The van der Waals surface area contributed by atoms with Gasteiger partial charge in [0.15, 0.2) is 6.29 Å². The van der Waals surface area contributed by atoms with Gasteiger partial charge in [0.05, 0.1) is 0 Å². The van der Waals surface area contributed by atoms with Gasteiger partial charge in [0.1, 0.15) is 0 Å². The van der Waals surface area contributed by atoms with E-state index >= 15 is 0 Å². The minimum Gasteiger partial charge on any atom is -0.698 e. The summed E-state index contributed by atoms with van der Waals surface area (Å²) in [4.78, 5) is 0. The highest BCUT2D eigenvalue weighted by molar-refractivity contribution is 5.97. The zero-order chi connectivity index (χ0) is 7.82. The molecule has 0 spiro atoms. The lowest BCUT2D eigenvalue weighted by Crippen LogP contribution is -2.22. The third-order valence-electron chi connectivity index (χ3n) is 0.937. The predicted molar refractivity (Wildman–Crippen MR) is 38.7 cm³/mol. The number of hydrogen-bond acceptors (Lipinski definition) is 3. The van der Waals surface area contributed by atoms with Crippen LogP contribution in [0.15, 0.2) is 0 Å². The summed E-state index contributed by atoms with van der Waals surface area (Å²) in [6.07, 6.45) is -0.319. The lowest BCUT2D eigenvalue weighted by Gasteiger charge is -2.20. The molecular formula is C6H13BO3-.